The van der Waals surface area contributed by atoms with Crippen molar-refractivity contribution < 1.29 is 4.79 Å². The number of carbonyl (C=O) groups excluding carboxylic acids is 1. The summed E-state index contributed by atoms with van der Waals surface area (Å²) in [5.74, 6) is 0.868. The standard InChI is InChI=1S/C26H39N5O.HI/c1-6-27-26(28-17-15-21(2)31(5)20-23-11-8-7-9-12-23)29-18-16-22-13-10-14-24(19-22)25(32)30(3)4;/h7-14,19,21H,6,15-18,20H2,1-5H3,(H2,27,28,29);1H. The minimum Gasteiger partial charge on any atom is -0.357 e. The van der Waals surface area contributed by atoms with Crippen molar-refractivity contribution in [3.05, 3.63) is 71.3 Å². The first-order valence-corrected chi connectivity index (χ1v) is 11.5. The van der Waals surface area contributed by atoms with E-state index in [1.165, 1.54) is 5.56 Å². The number of carbonyl (C=O) groups is 1. The van der Waals surface area contributed by atoms with Gasteiger partial charge in [-0.15, -0.1) is 24.0 Å². The Kier molecular flexibility index (Phi) is 13.7. The zero-order chi connectivity index (χ0) is 23.3. The summed E-state index contributed by atoms with van der Waals surface area (Å²) in [6, 6.07) is 18.8. The van der Waals surface area contributed by atoms with Gasteiger partial charge in [0.2, 0.25) is 0 Å². The van der Waals surface area contributed by atoms with Crippen molar-refractivity contribution in [3.63, 3.8) is 0 Å². The van der Waals surface area contributed by atoms with Gasteiger partial charge < -0.3 is 15.5 Å². The van der Waals surface area contributed by atoms with Crippen LogP contribution < -0.4 is 10.6 Å². The third-order valence-corrected chi connectivity index (χ3v) is 5.47. The van der Waals surface area contributed by atoms with Gasteiger partial charge in [0.1, 0.15) is 0 Å². The molecule has 2 aromatic carbocycles. The summed E-state index contributed by atoms with van der Waals surface area (Å²) < 4.78 is 0. The molecule has 0 radical (unpaired) electrons. The molecule has 0 fully saturated rings. The first kappa shape index (κ1) is 28.9. The van der Waals surface area contributed by atoms with Crippen molar-refractivity contribution >= 4 is 35.8 Å². The number of hydrogen-bond donors (Lipinski definition) is 2. The van der Waals surface area contributed by atoms with Gasteiger partial charge in [-0.05, 0) is 57.0 Å². The molecule has 0 aliphatic carbocycles. The molecule has 1 unspecified atom stereocenters. The van der Waals surface area contributed by atoms with Crippen LogP contribution in [-0.2, 0) is 13.0 Å². The van der Waals surface area contributed by atoms with Gasteiger partial charge in [-0.3, -0.25) is 14.7 Å². The highest BCUT2D eigenvalue weighted by Crippen LogP contribution is 2.09. The second kappa shape index (κ2) is 15.7. The van der Waals surface area contributed by atoms with E-state index in [9.17, 15) is 4.79 Å². The van der Waals surface area contributed by atoms with Crippen LogP contribution in [0.25, 0.3) is 0 Å². The molecule has 1 amide bonds. The van der Waals surface area contributed by atoms with E-state index in [0.29, 0.717) is 6.04 Å². The molecule has 0 aromatic heterocycles. The van der Waals surface area contributed by atoms with Crippen molar-refractivity contribution in [2.24, 2.45) is 4.99 Å². The third-order valence-electron chi connectivity index (χ3n) is 5.47. The van der Waals surface area contributed by atoms with E-state index in [-0.39, 0.29) is 29.9 Å². The fraction of sp³-hybridized carbons (Fsp3) is 0.462. The van der Waals surface area contributed by atoms with Crippen LogP contribution in [0.15, 0.2) is 59.6 Å². The molecule has 7 heteroatoms. The van der Waals surface area contributed by atoms with Crippen LogP contribution in [0.1, 0.15) is 41.8 Å². The maximum absolute atomic E-state index is 12.2. The van der Waals surface area contributed by atoms with Crippen LogP contribution in [0.3, 0.4) is 0 Å². The number of nitrogens with zero attached hydrogens (tertiary/aromatic N) is 3. The van der Waals surface area contributed by atoms with Crippen LogP contribution in [0, 0.1) is 0 Å². The van der Waals surface area contributed by atoms with Gasteiger partial charge in [-0.25, -0.2) is 0 Å². The van der Waals surface area contributed by atoms with E-state index >= 15 is 0 Å². The molecule has 0 saturated heterocycles. The third kappa shape index (κ3) is 10.6. The SMILES string of the molecule is CCNC(=NCCC(C)N(C)Cc1ccccc1)NCCc1cccc(C(=O)N(C)C)c1.I. The van der Waals surface area contributed by atoms with E-state index in [0.717, 1.165) is 56.1 Å². The molecule has 0 spiro atoms. The van der Waals surface area contributed by atoms with Crippen LogP contribution in [0.5, 0.6) is 0 Å². The topological polar surface area (TPSA) is 60.0 Å². The first-order valence-electron chi connectivity index (χ1n) is 11.5. The van der Waals surface area contributed by atoms with Gasteiger partial charge in [0.25, 0.3) is 5.91 Å². The number of amides is 1. The minimum absolute atomic E-state index is 0. The molecular weight excluding hydrogens is 525 g/mol. The van der Waals surface area contributed by atoms with Gasteiger partial charge in [0.15, 0.2) is 5.96 Å². The predicted molar refractivity (Wildman–Crippen MR) is 150 cm³/mol. The summed E-state index contributed by atoms with van der Waals surface area (Å²) in [5.41, 5.74) is 3.19. The summed E-state index contributed by atoms with van der Waals surface area (Å²) in [6.07, 6.45) is 1.82. The van der Waals surface area contributed by atoms with Crippen molar-refractivity contribution in [2.75, 3.05) is 40.8 Å². The van der Waals surface area contributed by atoms with Crippen molar-refractivity contribution in [1.82, 2.24) is 20.4 Å². The van der Waals surface area contributed by atoms with Gasteiger partial charge in [0, 0.05) is 51.9 Å². The average molecular weight is 566 g/mol. The maximum atomic E-state index is 12.2. The lowest BCUT2D eigenvalue weighted by Crippen LogP contribution is -2.38. The summed E-state index contributed by atoms with van der Waals surface area (Å²) in [7, 11) is 5.71. The lowest BCUT2D eigenvalue weighted by molar-refractivity contribution is 0.0827. The number of halogens is 1. The number of aliphatic imine (C=N–C) groups is 1. The second-order valence-corrected chi connectivity index (χ2v) is 8.38. The zero-order valence-electron chi connectivity index (χ0n) is 20.7. The lowest BCUT2D eigenvalue weighted by Gasteiger charge is -2.24. The summed E-state index contributed by atoms with van der Waals surface area (Å²) in [6.45, 7) is 7.61. The number of rotatable bonds is 11. The smallest absolute Gasteiger partial charge is 0.253 e. The Bertz CT molecular complexity index is 857. The molecule has 0 aliphatic rings. The van der Waals surface area contributed by atoms with Gasteiger partial charge >= 0.3 is 0 Å². The number of nitrogens with one attached hydrogen (secondary N) is 2. The Morgan fingerprint density at radius 2 is 1.70 bits per heavy atom. The molecular formula is C26H40IN5O. The molecule has 2 aromatic rings. The Hall–Kier alpha value is -2.13. The Morgan fingerprint density at radius 3 is 2.36 bits per heavy atom. The van der Waals surface area contributed by atoms with E-state index < -0.39 is 0 Å². The van der Waals surface area contributed by atoms with Crippen molar-refractivity contribution in [1.29, 1.82) is 0 Å². The normalized spacial score (nSPS) is 12.1. The molecule has 33 heavy (non-hydrogen) atoms. The average Bonchev–Trinajstić information content (AvgIpc) is 2.79. The predicted octanol–water partition coefficient (Wildman–Crippen LogP) is 4.01. The Morgan fingerprint density at radius 1 is 1.00 bits per heavy atom. The summed E-state index contributed by atoms with van der Waals surface area (Å²) in [5, 5.41) is 6.73. The monoisotopic (exact) mass is 565 g/mol. The first-order chi connectivity index (χ1) is 15.4. The zero-order valence-corrected chi connectivity index (χ0v) is 23.0. The molecule has 0 bridgehead atoms. The van der Waals surface area contributed by atoms with E-state index in [1.807, 2.05) is 18.2 Å². The molecule has 2 rings (SSSR count). The van der Waals surface area contributed by atoms with Gasteiger partial charge in [0.05, 0.1) is 0 Å². The van der Waals surface area contributed by atoms with Gasteiger partial charge in [-0.1, -0.05) is 42.5 Å². The van der Waals surface area contributed by atoms with Crippen LogP contribution in [0.4, 0.5) is 0 Å². The van der Waals surface area contributed by atoms with Crippen LogP contribution in [-0.4, -0.2) is 68.5 Å². The summed E-state index contributed by atoms with van der Waals surface area (Å²) >= 11 is 0. The van der Waals surface area contributed by atoms with Crippen LogP contribution in [0.2, 0.25) is 0 Å². The highest BCUT2D eigenvalue weighted by Gasteiger charge is 2.10. The van der Waals surface area contributed by atoms with Crippen LogP contribution >= 0.6 is 24.0 Å². The quantitative estimate of drug-likeness (QED) is 0.246. The Balaban J connectivity index is 0.00000544. The Labute approximate surface area is 216 Å². The minimum atomic E-state index is 0. The number of hydrogen-bond acceptors (Lipinski definition) is 3. The second-order valence-electron chi connectivity index (χ2n) is 8.38. The lowest BCUT2D eigenvalue weighted by atomic mass is 10.1. The molecule has 0 saturated carbocycles. The molecule has 2 N–H and O–H groups in total. The fourth-order valence-electron chi connectivity index (χ4n) is 3.40. The summed E-state index contributed by atoms with van der Waals surface area (Å²) in [4.78, 5) is 20.9. The van der Waals surface area contributed by atoms with Crippen molar-refractivity contribution in [3.8, 4) is 0 Å². The molecule has 1 atom stereocenters. The van der Waals surface area contributed by atoms with Gasteiger partial charge in [-0.2, -0.15) is 0 Å². The van der Waals surface area contributed by atoms with Crippen molar-refractivity contribution in [2.45, 2.75) is 39.3 Å². The largest absolute Gasteiger partial charge is 0.357 e. The highest BCUT2D eigenvalue weighted by molar-refractivity contribution is 14.0. The van der Waals surface area contributed by atoms with E-state index in [4.69, 9.17) is 4.99 Å². The van der Waals surface area contributed by atoms with E-state index in [2.05, 4.69) is 72.8 Å². The van der Waals surface area contributed by atoms with E-state index in [1.54, 1.807) is 19.0 Å². The molecule has 182 valence electrons. The molecule has 6 nitrogen and oxygen atoms in total. The number of guanidine groups is 1. The fourth-order valence-corrected chi connectivity index (χ4v) is 3.40. The number of benzene rings is 2. The highest BCUT2D eigenvalue weighted by atomic mass is 127. The molecule has 0 aliphatic heterocycles. The molecule has 0 heterocycles. The maximum Gasteiger partial charge on any atom is 0.253 e.